The van der Waals surface area contributed by atoms with E-state index in [0.29, 0.717) is 17.8 Å². The van der Waals surface area contributed by atoms with Crippen molar-refractivity contribution in [1.82, 2.24) is 15.5 Å². The highest BCUT2D eigenvalue weighted by Crippen LogP contribution is 2.29. The number of rotatable bonds is 7. The van der Waals surface area contributed by atoms with E-state index in [-0.39, 0.29) is 0 Å². The van der Waals surface area contributed by atoms with Crippen LogP contribution in [0, 0.1) is 0 Å². The third kappa shape index (κ3) is 4.04. The van der Waals surface area contributed by atoms with Crippen LogP contribution in [0.5, 0.6) is 5.75 Å². The lowest BCUT2D eigenvalue weighted by atomic mass is 10.1. The molecule has 1 N–H and O–H groups in total. The monoisotopic (exact) mass is 353 g/mol. The largest absolute Gasteiger partial charge is 0.496 e. The lowest BCUT2D eigenvalue weighted by Crippen LogP contribution is -2.30. The molecule has 0 saturated carbocycles. The van der Waals surface area contributed by atoms with E-state index < -0.39 is 0 Å². The molecule has 0 radical (unpaired) electrons. The van der Waals surface area contributed by atoms with E-state index in [0.717, 1.165) is 35.2 Å². The highest BCUT2D eigenvalue weighted by Gasteiger charge is 2.14. The third-order valence-corrected chi connectivity index (χ3v) is 3.90. The van der Waals surface area contributed by atoms with Crippen LogP contribution in [0.25, 0.3) is 11.4 Å². The first-order chi connectivity index (χ1) is 10.2. The van der Waals surface area contributed by atoms with Gasteiger partial charge in [0.2, 0.25) is 11.7 Å². The van der Waals surface area contributed by atoms with E-state index in [2.05, 4.69) is 45.2 Å². The van der Waals surface area contributed by atoms with Gasteiger partial charge in [-0.2, -0.15) is 4.98 Å². The smallest absolute Gasteiger partial charge is 0.228 e. The van der Waals surface area contributed by atoms with Gasteiger partial charge in [0.05, 0.1) is 11.6 Å². The van der Waals surface area contributed by atoms with Crippen LogP contribution in [0.1, 0.15) is 26.2 Å². The van der Waals surface area contributed by atoms with Gasteiger partial charge in [-0.25, -0.2) is 0 Å². The molecule has 0 aliphatic rings. The maximum Gasteiger partial charge on any atom is 0.228 e. The fraction of sp³-hybridized carbons (Fsp3) is 0.467. The van der Waals surface area contributed by atoms with Crippen LogP contribution < -0.4 is 10.1 Å². The predicted molar refractivity (Wildman–Crippen MR) is 85.4 cm³/mol. The minimum atomic E-state index is 0.367. The SMILES string of the molecule is CCNC(CC)Cc1nc(-c2ccc(OC)c(Br)c2)no1. The van der Waals surface area contributed by atoms with Crippen molar-refractivity contribution in [2.45, 2.75) is 32.7 Å². The Morgan fingerprint density at radius 1 is 1.38 bits per heavy atom. The second-order valence-electron chi connectivity index (χ2n) is 4.73. The normalized spacial score (nSPS) is 12.4. The molecule has 21 heavy (non-hydrogen) atoms. The minimum Gasteiger partial charge on any atom is -0.496 e. The van der Waals surface area contributed by atoms with Crippen molar-refractivity contribution < 1.29 is 9.26 Å². The number of likely N-dealkylation sites (N-methyl/N-ethyl adjacent to an activating group) is 1. The summed E-state index contributed by atoms with van der Waals surface area (Å²) >= 11 is 3.46. The van der Waals surface area contributed by atoms with Crippen LogP contribution in [0.4, 0.5) is 0 Å². The molecule has 114 valence electrons. The Balaban J connectivity index is 2.14. The van der Waals surface area contributed by atoms with E-state index in [9.17, 15) is 0 Å². The molecule has 1 unspecified atom stereocenters. The Morgan fingerprint density at radius 2 is 2.19 bits per heavy atom. The minimum absolute atomic E-state index is 0.367. The zero-order chi connectivity index (χ0) is 15.2. The molecule has 0 amide bonds. The number of hydrogen-bond acceptors (Lipinski definition) is 5. The van der Waals surface area contributed by atoms with Gasteiger partial charge in [-0.1, -0.05) is 19.0 Å². The number of benzene rings is 1. The van der Waals surface area contributed by atoms with Crippen molar-refractivity contribution in [2.24, 2.45) is 0 Å². The van der Waals surface area contributed by atoms with Gasteiger partial charge < -0.3 is 14.6 Å². The summed E-state index contributed by atoms with van der Waals surface area (Å²) in [5, 5.41) is 7.46. The van der Waals surface area contributed by atoms with Gasteiger partial charge in [-0.15, -0.1) is 0 Å². The molecule has 1 aromatic carbocycles. The van der Waals surface area contributed by atoms with E-state index in [1.54, 1.807) is 7.11 Å². The van der Waals surface area contributed by atoms with Crippen molar-refractivity contribution in [3.05, 3.63) is 28.6 Å². The van der Waals surface area contributed by atoms with E-state index >= 15 is 0 Å². The number of aromatic nitrogens is 2. The van der Waals surface area contributed by atoms with E-state index in [1.807, 2.05) is 18.2 Å². The number of methoxy groups -OCH3 is 1. The number of halogens is 1. The average Bonchev–Trinajstić information content (AvgIpc) is 2.95. The van der Waals surface area contributed by atoms with E-state index in [4.69, 9.17) is 9.26 Å². The standard InChI is InChI=1S/C15H20BrN3O2/c1-4-11(17-5-2)9-14-18-15(19-21-14)10-6-7-13(20-3)12(16)8-10/h6-8,11,17H,4-5,9H2,1-3H3. The van der Waals surface area contributed by atoms with Gasteiger partial charge in [-0.05, 0) is 47.1 Å². The molecule has 0 aliphatic heterocycles. The number of nitrogens with zero attached hydrogens (tertiary/aromatic N) is 2. The highest BCUT2D eigenvalue weighted by atomic mass is 79.9. The summed E-state index contributed by atoms with van der Waals surface area (Å²) in [7, 11) is 1.64. The van der Waals surface area contributed by atoms with Crippen LogP contribution in [-0.2, 0) is 6.42 Å². The molecule has 5 nitrogen and oxygen atoms in total. The van der Waals surface area contributed by atoms with Gasteiger partial charge in [-0.3, -0.25) is 0 Å². The van der Waals surface area contributed by atoms with Gasteiger partial charge in [0.25, 0.3) is 0 Å². The lowest BCUT2D eigenvalue weighted by molar-refractivity contribution is 0.355. The van der Waals surface area contributed by atoms with E-state index in [1.165, 1.54) is 0 Å². The van der Waals surface area contributed by atoms with Gasteiger partial charge in [0.1, 0.15) is 5.75 Å². The Hall–Kier alpha value is -1.40. The molecule has 6 heteroatoms. The van der Waals surface area contributed by atoms with Gasteiger partial charge in [0.15, 0.2) is 0 Å². The van der Waals surface area contributed by atoms with Crippen LogP contribution >= 0.6 is 15.9 Å². The summed E-state index contributed by atoms with van der Waals surface area (Å²) in [6.07, 6.45) is 1.77. The molecule has 2 rings (SSSR count). The second-order valence-corrected chi connectivity index (χ2v) is 5.58. The summed E-state index contributed by atoms with van der Waals surface area (Å²) in [6.45, 7) is 5.17. The zero-order valence-corrected chi connectivity index (χ0v) is 14.1. The molecule has 0 fully saturated rings. The Morgan fingerprint density at radius 3 is 2.81 bits per heavy atom. The lowest BCUT2D eigenvalue weighted by Gasteiger charge is -2.12. The molecule has 0 saturated heterocycles. The third-order valence-electron chi connectivity index (χ3n) is 3.28. The fourth-order valence-electron chi connectivity index (χ4n) is 2.12. The summed E-state index contributed by atoms with van der Waals surface area (Å²) in [5.74, 6) is 2.03. The topological polar surface area (TPSA) is 60.2 Å². The maximum atomic E-state index is 5.35. The second kappa shape index (κ2) is 7.56. The first-order valence-corrected chi connectivity index (χ1v) is 7.87. The Kier molecular flexibility index (Phi) is 5.76. The van der Waals surface area contributed by atoms with Crippen LogP contribution in [-0.4, -0.2) is 29.8 Å². The molecular weight excluding hydrogens is 334 g/mol. The fourth-order valence-corrected chi connectivity index (χ4v) is 2.66. The van der Waals surface area contributed by atoms with Crippen molar-refractivity contribution in [3.8, 4) is 17.1 Å². The molecule has 0 bridgehead atoms. The summed E-state index contributed by atoms with van der Waals surface area (Å²) in [6, 6.07) is 6.09. The number of nitrogens with one attached hydrogen (secondary N) is 1. The quantitative estimate of drug-likeness (QED) is 0.825. The van der Waals surface area contributed by atoms with Crippen molar-refractivity contribution in [1.29, 1.82) is 0 Å². The average molecular weight is 354 g/mol. The van der Waals surface area contributed by atoms with Crippen molar-refractivity contribution >= 4 is 15.9 Å². The Bertz CT molecular complexity index is 586. The summed E-state index contributed by atoms with van der Waals surface area (Å²) < 4.78 is 11.4. The van der Waals surface area contributed by atoms with Gasteiger partial charge in [0, 0.05) is 18.0 Å². The first kappa shape index (κ1) is 16.0. The molecule has 0 aliphatic carbocycles. The number of ether oxygens (including phenoxy) is 1. The Labute approximate surface area is 133 Å². The molecule has 1 heterocycles. The maximum absolute atomic E-state index is 5.35. The summed E-state index contributed by atoms with van der Waals surface area (Å²) in [4.78, 5) is 4.47. The summed E-state index contributed by atoms with van der Waals surface area (Å²) in [5.41, 5.74) is 0.897. The van der Waals surface area contributed by atoms with Crippen molar-refractivity contribution in [2.75, 3.05) is 13.7 Å². The van der Waals surface area contributed by atoms with Crippen LogP contribution in [0.3, 0.4) is 0 Å². The highest BCUT2D eigenvalue weighted by molar-refractivity contribution is 9.10. The number of hydrogen-bond donors (Lipinski definition) is 1. The first-order valence-electron chi connectivity index (χ1n) is 7.07. The molecular formula is C15H20BrN3O2. The molecule has 2 aromatic rings. The van der Waals surface area contributed by atoms with Crippen molar-refractivity contribution in [3.63, 3.8) is 0 Å². The van der Waals surface area contributed by atoms with Crippen LogP contribution in [0.15, 0.2) is 27.2 Å². The zero-order valence-electron chi connectivity index (χ0n) is 12.5. The van der Waals surface area contributed by atoms with Gasteiger partial charge >= 0.3 is 0 Å². The molecule has 1 atom stereocenters. The van der Waals surface area contributed by atoms with Crippen LogP contribution in [0.2, 0.25) is 0 Å². The molecule has 1 aromatic heterocycles. The molecule has 0 spiro atoms. The predicted octanol–water partition coefficient (Wildman–Crippen LogP) is 3.44.